The quantitative estimate of drug-likeness (QED) is 0.463. The number of rotatable bonds is 2. The number of thiazole rings is 1. The fourth-order valence-electron chi connectivity index (χ4n) is 1.60. The standard InChI is InChI=1S/C10H7N3O3S2.Na/c14-18(15,16)6-1-2-7-8(3-6)13-10(12-7)9-4-17-5-11-9;/h1-5H,(H,12,13)(H,14,15,16);/q;+1/p-1. The molecule has 2 heterocycles. The molecule has 1 N–H and O–H groups in total. The van der Waals surface area contributed by atoms with Crippen LogP contribution in [-0.2, 0) is 10.1 Å². The SMILES string of the molecule is O=S(=O)([O-])c1ccc2nc(-c3cscn3)[nH]c2c1.[Na+]. The van der Waals surface area contributed by atoms with Crippen molar-refractivity contribution >= 4 is 32.5 Å². The molecule has 0 bridgehead atoms. The van der Waals surface area contributed by atoms with Crippen molar-refractivity contribution in [1.82, 2.24) is 15.0 Å². The monoisotopic (exact) mass is 303 g/mol. The summed E-state index contributed by atoms with van der Waals surface area (Å²) in [7, 11) is -4.45. The van der Waals surface area contributed by atoms with Crippen molar-refractivity contribution in [1.29, 1.82) is 0 Å². The van der Waals surface area contributed by atoms with Gasteiger partial charge in [0, 0.05) is 5.38 Å². The van der Waals surface area contributed by atoms with Crippen LogP contribution in [0.15, 0.2) is 34.0 Å². The number of benzene rings is 1. The molecule has 1 aromatic carbocycles. The van der Waals surface area contributed by atoms with Crippen molar-refractivity contribution in [3.8, 4) is 11.5 Å². The Balaban J connectivity index is 0.00000133. The molecule has 3 rings (SSSR count). The molecule has 9 heteroatoms. The molecule has 0 radical (unpaired) electrons. The third-order valence-corrected chi connectivity index (χ3v) is 3.83. The minimum atomic E-state index is -4.45. The average Bonchev–Trinajstić information content (AvgIpc) is 2.95. The second kappa shape index (κ2) is 5.31. The second-order valence-electron chi connectivity index (χ2n) is 3.59. The van der Waals surface area contributed by atoms with E-state index in [1.165, 1.54) is 29.5 Å². The zero-order valence-electron chi connectivity index (χ0n) is 9.82. The Morgan fingerprint density at radius 3 is 2.74 bits per heavy atom. The predicted molar refractivity (Wildman–Crippen MR) is 65.2 cm³/mol. The minimum Gasteiger partial charge on any atom is -0.744 e. The van der Waals surface area contributed by atoms with E-state index in [4.69, 9.17) is 0 Å². The summed E-state index contributed by atoms with van der Waals surface area (Å²) >= 11 is 1.43. The van der Waals surface area contributed by atoms with E-state index in [9.17, 15) is 13.0 Å². The van der Waals surface area contributed by atoms with Crippen LogP contribution in [0.5, 0.6) is 0 Å². The number of imidazole rings is 1. The molecule has 0 atom stereocenters. The molecule has 0 aliphatic carbocycles. The van der Waals surface area contributed by atoms with Crippen molar-refractivity contribution in [3.63, 3.8) is 0 Å². The van der Waals surface area contributed by atoms with E-state index in [0.717, 1.165) is 0 Å². The first-order valence-electron chi connectivity index (χ1n) is 4.88. The number of fused-ring (bicyclic) bond motifs is 1. The second-order valence-corrected chi connectivity index (χ2v) is 5.69. The molecule has 0 fully saturated rings. The number of hydrogen-bond donors (Lipinski definition) is 1. The van der Waals surface area contributed by atoms with E-state index in [1.54, 1.807) is 5.51 Å². The van der Waals surface area contributed by atoms with E-state index >= 15 is 0 Å². The minimum absolute atomic E-state index is 0. The van der Waals surface area contributed by atoms with Crippen molar-refractivity contribution in [2.75, 3.05) is 0 Å². The summed E-state index contributed by atoms with van der Waals surface area (Å²) < 4.78 is 32.7. The Hall–Kier alpha value is -0.770. The molecule has 0 aliphatic rings. The molecular formula is C10H6N3NaO3S2. The average molecular weight is 303 g/mol. The van der Waals surface area contributed by atoms with E-state index in [2.05, 4.69) is 15.0 Å². The van der Waals surface area contributed by atoms with Crippen LogP contribution >= 0.6 is 11.3 Å². The number of nitrogens with one attached hydrogen (secondary N) is 1. The Labute approximate surface area is 135 Å². The van der Waals surface area contributed by atoms with Crippen molar-refractivity contribution in [3.05, 3.63) is 29.1 Å². The molecular weight excluding hydrogens is 297 g/mol. The summed E-state index contributed by atoms with van der Waals surface area (Å²) in [6.07, 6.45) is 0. The van der Waals surface area contributed by atoms with Crippen LogP contribution in [-0.4, -0.2) is 27.9 Å². The van der Waals surface area contributed by atoms with E-state index in [1.807, 2.05) is 5.38 Å². The summed E-state index contributed by atoms with van der Waals surface area (Å²) in [4.78, 5) is 11.0. The predicted octanol–water partition coefficient (Wildman–Crippen LogP) is -1.41. The normalized spacial score (nSPS) is 11.4. The summed E-state index contributed by atoms with van der Waals surface area (Å²) in [5, 5.41) is 1.82. The fourth-order valence-corrected chi connectivity index (χ4v) is 2.63. The van der Waals surface area contributed by atoms with Gasteiger partial charge in [-0.3, -0.25) is 0 Å². The molecule has 19 heavy (non-hydrogen) atoms. The number of aromatic amines is 1. The smallest absolute Gasteiger partial charge is 0.744 e. The molecule has 3 aromatic rings. The number of nitrogens with zero attached hydrogens (tertiary/aromatic N) is 2. The van der Waals surface area contributed by atoms with E-state index in [-0.39, 0.29) is 34.5 Å². The third-order valence-electron chi connectivity index (χ3n) is 2.42. The number of hydrogen-bond acceptors (Lipinski definition) is 6. The maximum atomic E-state index is 10.9. The van der Waals surface area contributed by atoms with Crippen LogP contribution in [0.25, 0.3) is 22.6 Å². The molecule has 0 unspecified atom stereocenters. The maximum absolute atomic E-state index is 10.9. The third kappa shape index (κ3) is 2.88. The first kappa shape index (κ1) is 14.6. The first-order chi connectivity index (χ1) is 8.54. The summed E-state index contributed by atoms with van der Waals surface area (Å²) in [6.45, 7) is 0. The fraction of sp³-hybridized carbons (Fsp3) is 0. The largest absolute Gasteiger partial charge is 1.00 e. The summed E-state index contributed by atoms with van der Waals surface area (Å²) in [6, 6.07) is 4.02. The van der Waals surface area contributed by atoms with Crippen LogP contribution in [0, 0.1) is 0 Å². The van der Waals surface area contributed by atoms with Crippen LogP contribution in [0.4, 0.5) is 0 Å². The molecule has 0 spiro atoms. The maximum Gasteiger partial charge on any atom is 1.00 e. The Kier molecular flexibility index (Phi) is 4.09. The molecule has 0 amide bonds. The van der Waals surface area contributed by atoms with Gasteiger partial charge >= 0.3 is 29.6 Å². The van der Waals surface area contributed by atoms with Gasteiger partial charge in [0.1, 0.15) is 15.8 Å². The van der Waals surface area contributed by atoms with Gasteiger partial charge in [-0.15, -0.1) is 11.3 Å². The van der Waals surface area contributed by atoms with Crippen molar-refractivity contribution < 1.29 is 42.5 Å². The Morgan fingerprint density at radius 1 is 1.32 bits per heavy atom. The Bertz CT molecular complexity index is 812. The topological polar surface area (TPSA) is 98.8 Å². The van der Waals surface area contributed by atoms with Gasteiger partial charge in [0.25, 0.3) is 0 Å². The molecule has 0 saturated heterocycles. The Morgan fingerprint density at radius 2 is 2.11 bits per heavy atom. The van der Waals surface area contributed by atoms with Gasteiger partial charge in [-0.05, 0) is 18.2 Å². The van der Waals surface area contributed by atoms with Crippen LogP contribution < -0.4 is 29.6 Å². The zero-order chi connectivity index (χ0) is 12.8. The van der Waals surface area contributed by atoms with Gasteiger partial charge in [-0.1, -0.05) is 0 Å². The van der Waals surface area contributed by atoms with Crippen LogP contribution in [0.3, 0.4) is 0 Å². The van der Waals surface area contributed by atoms with Crippen LogP contribution in [0.2, 0.25) is 0 Å². The molecule has 2 aromatic heterocycles. The molecule has 92 valence electrons. The van der Waals surface area contributed by atoms with Gasteiger partial charge in [-0.2, -0.15) is 0 Å². The van der Waals surface area contributed by atoms with Gasteiger partial charge < -0.3 is 9.54 Å². The summed E-state index contributed by atoms with van der Waals surface area (Å²) in [5.74, 6) is 0.548. The van der Waals surface area contributed by atoms with Gasteiger partial charge in [0.15, 0.2) is 5.82 Å². The van der Waals surface area contributed by atoms with Gasteiger partial charge in [0.2, 0.25) is 0 Å². The van der Waals surface area contributed by atoms with Crippen molar-refractivity contribution in [2.45, 2.75) is 4.90 Å². The summed E-state index contributed by atoms with van der Waals surface area (Å²) in [5.41, 5.74) is 3.44. The first-order valence-corrected chi connectivity index (χ1v) is 7.23. The van der Waals surface area contributed by atoms with Gasteiger partial charge in [-0.25, -0.2) is 18.4 Å². The van der Waals surface area contributed by atoms with Crippen molar-refractivity contribution in [2.24, 2.45) is 0 Å². The molecule has 0 saturated carbocycles. The number of aromatic nitrogens is 3. The number of H-pyrrole nitrogens is 1. The molecule has 0 aliphatic heterocycles. The van der Waals surface area contributed by atoms with Gasteiger partial charge in [0.05, 0.1) is 21.4 Å². The zero-order valence-corrected chi connectivity index (χ0v) is 13.5. The van der Waals surface area contributed by atoms with Crippen LogP contribution in [0.1, 0.15) is 0 Å². The van der Waals surface area contributed by atoms with E-state index < -0.39 is 10.1 Å². The van der Waals surface area contributed by atoms with E-state index in [0.29, 0.717) is 22.6 Å². The molecule has 6 nitrogen and oxygen atoms in total.